The van der Waals surface area contributed by atoms with Crippen LogP contribution in [0.1, 0.15) is 35.5 Å². The van der Waals surface area contributed by atoms with Gasteiger partial charge in [-0.15, -0.1) is 0 Å². The number of benzene rings is 2. The summed E-state index contributed by atoms with van der Waals surface area (Å²) < 4.78 is 7.07. The van der Waals surface area contributed by atoms with Crippen molar-refractivity contribution in [2.45, 2.75) is 40.7 Å². The zero-order valence-corrected chi connectivity index (χ0v) is 18.8. The molecule has 3 aromatic rings. The molecule has 1 atom stereocenters. The van der Waals surface area contributed by atoms with E-state index in [4.69, 9.17) is 4.74 Å². The standard InChI is InChI=1S/C22H23N5O6/c1-12-6-13(2)8-19(7-12)33-20-10-17(9-18(11-20)26(29)30)23-22(28)16(5)25-15(4)21(27(31)32)14(3)24-25/h6-11,16H,1-5H3,(H,23,28). The van der Waals surface area contributed by atoms with Crippen molar-refractivity contribution in [3.63, 3.8) is 0 Å². The number of nitro groups is 2. The second-order valence-corrected chi connectivity index (χ2v) is 7.78. The Morgan fingerprint density at radius 2 is 1.58 bits per heavy atom. The first-order chi connectivity index (χ1) is 15.5. The third-order valence-corrected chi connectivity index (χ3v) is 5.02. The van der Waals surface area contributed by atoms with Crippen molar-refractivity contribution in [2.24, 2.45) is 0 Å². The fourth-order valence-electron chi connectivity index (χ4n) is 3.60. The number of anilines is 1. The van der Waals surface area contributed by atoms with Crippen LogP contribution in [0.15, 0.2) is 36.4 Å². The molecule has 1 heterocycles. The molecule has 3 rings (SSSR count). The smallest absolute Gasteiger partial charge is 0.312 e. The van der Waals surface area contributed by atoms with Crippen LogP contribution in [0, 0.1) is 47.9 Å². The lowest BCUT2D eigenvalue weighted by Crippen LogP contribution is -2.25. The van der Waals surface area contributed by atoms with Crippen molar-refractivity contribution in [1.82, 2.24) is 9.78 Å². The van der Waals surface area contributed by atoms with E-state index in [2.05, 4.69) is 10.4 Å². The summed E-state index contributed by atoms with van der Waals surface area (Å²) in [6.07, 6.45) is 0. The molecule has 0 bridgehead atoms. The number of non-ortho nitro benzene ring substituents is 1. The van der Waals surface area contributed by atoms with E-state index in [-0.39, 0.29) is 34.2 Å². The molecular weight excluding hydrogens is 430 g/mol. The van der Waals surface area contributed by atoms with E-state index in [1.165, 1.54) is 43.7 Å². The van der Waals surface area contributed by atoms with Crippen molar-refractivity contribution < 1.29 is 19.4 Å². The number of carbonyl (C=O) groups is 1. The highest BCUT2D eigenvalue weighted by Crippen LogP contribution is 2.31. The van der Waals surface area contributed by atoms with Gasteiger partial charge in [0, 0.05) is 12.1 Å². The summed E-state index contributed by atoms with van der Waals surface area (Å²) in [5.74, 6) is 0.140. The Balaban J connectivity index is 1.89. The minimum Gasteiger partial charge on any atom is -0.457 e. The molecule has 0 saturated heterocycles. The molecule has 33 heavy (non-hydrogen) atoms. The van der Waals surface area contributed by atoms with E-state index >= 15 is 0 Å². The Labute approximate surface area is 189 Å². The van der Waals surface area contributed by atoms with Gasteiger partial charge in [-0.1, -0.05) is 6.07 Å². The highest BCUT2D eigenvalue weighted by molar-refractivity contribution is 5.94. The third-order valence-electron chi connectivity index (χ3n) is 5.02. The number of ether oxygens (including phenoxy) is 1. The molecule has 11 heteroatoms. The van der Waals surface area contributed by atoms with E-state index in [9.17, 15) is 25.0 Å². The number of hydrogen-bond acceptors (Lipinski definition) is 7. The van der Waals surface area contributed by atoms with Crippen LogP contribution in [-0.4, -0.2) is 25.5 Å². The number of aryl methyl sites for hydroxylation is 3. The van der Waals surface area contributed by atoms with Crippen molar-refractivity contribution in [1.29, 1.82) is 0 Å². The van der Waals surface area contributed by atoms with Crippen molar-refractivity contribution in [3.8, 4) is 11.5 Å². The summed E-state index contributed by atoms with van der Waals surface area (Å²) in [7, 11) is 0. The van der Waals surface area contributed by atoms with E-state index in [1.54, 1.807) is 12.1 Å². The Hall–Kier alpha value is -4.28. The van der Waals surface area contributed by atoms with Gasteiger partial charge in [0.1, 0.15) is 28.9 Å². The summed E-state index contributed by atoms with van der Waals surface area (Å²) in [5, 5.41) is 29.4. The first-order valence-electron chi connectivity index (χ1n) is 10.0. The molecule has 0 aliphatic heterocycles. The van der Waals surface area contributed by atoms with Crippen LogP contribution >= 0.6 is 0 Å². The first kappa shape index (κ1) is 23.4. The molecule has 0 aliphatic carbocycles. The molecule has 172 valence electrons. The van der Waals surface area contributed by atoms with E-state index in [1.807, 2.05) is 19.9 Å². The van der Waals surface area contributed by atoms with Gasteiger partial charge in [-0.25, -0.2) is 0 Å². The predicted octanol–water partition coefficient (Wildman–Crippen LogP) is 4.93. The SMILES string of the molecule is Cc1cc(C)cc(Oc2cc(NC(=O)C(C)n3nc(C)c([N+](=O)[O-])c3C)cc([N+](=O)[O-])c2)c1. The topological polar surface area (TPSA) is 142 Å². The van der Waals surface area contributed by atoms with E-state index < -0.39 is 21.8 Å². The third kappa shape index (κ3) is 5.14. The highest BCUT2D eigenvalue weighted by atomic mass is 16.6. The van der Waals surface area contributed by atoms with Gasteiger partial charge < -0.3 is 10.1 Å². The van der Waals surface area contributed by atoms with Gasteiger partial charge in [-0.2, -0.15) is 5.10 Å². The Bertz CT molecular complexity index is 1250. The molecule has 11 nitrogen and oxygen atoms in total. The van der Waals surface area contributed by atoms with Crippen LogP contribution < -0.4 is 10.1 Å². The summed E-state index contributed by atoms with van der Waals surface area (Å²) in [4.78, 5) is 34.4. The van der Waals surface area contributed by atoms with Crippen molar-refractivity contribution in [3.05, 3.63) is 79.1 Å². The number of nitrogens with zero attached hydrogens (tertiary/aromatic N) is 4. The van der Waals surface area contributed by atoms with Gasteiger partial charge in [-0.3, -0.25) is 29.7 Å². The highest BCUT2D eigenvalue weighted by Gasteiger charge is 2.27. The van der Waals surface area contributed by atoms with Crippen LogP contribution in [0.25, 0.3) is 0 Å². The zero-order chi connectivity index (χ0) is 24.4. The van der Waals surface area contributed by atoms with Gasteiger partial charge in [0.25, 0.3) is 5.69 Å². The average Bonchev–Trinajstić information content (AvgIpc) is 3.00. The maximum atomic E-state index is 12.8. The molecule has 0 fully saturated rings. The molecule has 1 amide bonds. The number of aromatic nitrogens is 2. The van der Waals surface area contributed by atoms with Crippen LogP contribution in [0.3, 0.4) is 0 Å². The molecule has 2 aromatic carbocycles. The average molecular weight is 453 g/mol. The number of nitrogens with one attached hydrogen (secondary N) is 1. The molecule has 0 saturated carbocycles. The zero-order valence-electron chi connectivity index (χ0n) is 18.8. The molecule has 0 radical (unpaired) electrons. The number of hydrogen-bond donors (Lipinski definition) is 1. The normalized spacial score (nSPS) is 11.7. The maximum Gasteiger partial charge on any atom is 0.312 e. The Kier molecular flexibility index (Phi) is 6.43. The lowest BCUT2D eigenvalue weighted by Gasteiger charge is -2.15. The lowest BCUT2D eigenvalue weighted by atomic mass is 10.1. The summed E-state index contributed by atoms with van der Waals surface area (Å²) >= 11 is 0. The number of carbonyl (C=O) groups excluding carboxylic acids is 1. The summed E-state index contributed by atoms with van der Waals surface area (Å²) in [6.45, 7) is 8.34. The number of rotatable bonds is 7. The quantitative estimate of drug-likeness (QED) is 0.395. The van der Waals surface area contributed by atoms with Crippen LogP contribution in [-0.2, 0) is 4.79 Å². The van der Waals surface area contributed by atoms with Crippen LogP contribution in [0.2, 0.25) is 0 Å². The molecule has 0 spiro atoms. The van der Waals surface area contributed by atoms with E-state index in [0.29, 0.717) is 5.75 Å². The monoisotopic (exact) mass is 453 g/mol. The Morgan fingerprint density at radius 1 is 0.970 bits per heavy atom. The fraction of sp³-hybridized carbons (Fsp3) is 0.273. The van der Waals surface area contributed by atoms with Gasteiger partial charge in [0.05, 0.1) is 21.6 Å². The number of amides is 1. The van der Waals surface area contributed by atoms with Gasteiger partial charge in [0.15, 0.2) is 0 Å². The molecule has 1 unspecified atom stereocenters. The van der Waals surface area contributed by atoms with Crippen LogP contribution in [0.5, 0.6) is 11.5 Å². The second kappa shape index (κ2) is 9.07. The van der Waals surface area contributed by atoms with Crippen molar-refractivity contribution >= 4 is 23.0 Å². The predicted molar refractivity (Wildman–Crippen MR) is 121 cm³/mol. The van der Waals surface area contributed by atoms with Crippen molar-refractivity contribution in [2.75, 3.05) is 5.32 Å². The maximum absolute atomic E-state index is 12.8. The minimum absolute atomic E-state index is 0.149. The fourth-order valence-corrected chi connectivity index (χ4v) is 3.60. The molecule has 0 aliphatic rings. The van der Waals surface area contributed by atoms with E-state index in [0.717, 1.165) is 11.1 Å². The summed E-state index contributed by atoms with van der Waals surface area (Å²) in [6, 6.07) is 8.60. The van der Waals surface area contributed by atoms with Gasteiger partial charge >= 0.3 is 5.69 Å². The minimum atomic E-state index is -0.902. The second-order valence-electron chi connectivity index (χ2n) is 7.78. The molecular formula is C22H23N5O6. The number of nitro benzene ring substituents is 1. The van der Waals surface area contributed by atoms with Crippen LogP contribution in [0.4, 0.5) is 17.1 Å². The molecule has 1 N–H and O–H groups in total. The molecule has 1 aromatic heterocycles. The lowest BCUT2D eigenvalue weighted by molar-refractivity contribution is -0.386. The Morgan fingerprint density at radius 3 is 2.12 bits per heavy atom. The summed E-state index contributed by atoms with van der Waals surface area (Å²) in [5.41, 5.74) is 2.09. The van der Waals surface area contributed by atoms with Gasteiger partial charge in [-0.05, 0) is 57.9 Å². The first-order valence-corrected chi connectivity index (χ1v) is 10.0. The van der Waals surface area contributed by atoms with Gasteiger partial charge in [0.2, 0.25) is 5.91 Å². The largest absolute Gasteiger partial charge is 0.457 e.